The molecule has 138 valence electrons. The maximum absolute atomic E-state index is 12.6. The van der Waals surface area contributed by atoms with Gasteiger partial charge < -0.3 is 15.4 Å². The van der Waals surface area contributed by atoms with Gasteiger partial charge in [-0.2, -0.15) is 0 Å². The number of hydrogen-bond acceptors (Lipinski definition) is 3. The Balaban J connectivity index is 2.11. The molecule has 0 saturated heterocycles. The number of nitrogens with one attached hydrogen (secondary N) is 2. The van der Waals surface area contributed by atoms with Crippen LogP contribution in [0.1, 0.15) is 44.0 Å². The first-order valence-corrected chi connectivity index (χ1v) is 8.97. The molecule has 0 unspecified atom stereocenters. The van der Waals surface area contributed by atoms with Crippen molar-refractivity contribution in [2.75, 3.05) is 5.32 Å². The first kappa shape index (κ1) is 19.5. The van der Waals surface area contributed by atoms with Gasteiger partial charge in [0.1, 0.15) is 5.75 Å². The van der Waals surface area contributed by atoms with Gasteiger partial charge in [-0.3, -0.25) is 9.59 Å². The molecule has 0 spiro atoms. The van der Waals surface area contributed by atoms with Crippen LogP contribution < -0.4 is 15.4 Å². The second kappa shape index (κ2) is 9.61. The molecule has 0 heterocycles. The SMILES string of the molecule is CC[C@H](Oc1ccccc1)C(=O)Nc1ccccc1C(=O)N[C@@H](C)CC. The summed E-state index contributed by atoms with van der Waals surface area (Å²) in [6, 6.07) is 16.3. The fourth-order valence-electron chi connectivity index (χ4n) is 2.39. The smallest absolute Gasteiger partial charge is 0.265 e. The van der Waals surface area contributed by atoms with E-state index < -0.39 is 6.10 Å². The van der Waals surface area contributed by atoms with Gasteiger partial charge in [-0.15, -0.1) is 0 Å². The van der Waals surface area contributed by atoms with Crippen LogP contribution in [-0.2, 0) is 4.79 Å². The fourth-order valence-corrected chi connectivity index (χ4v) is 2.39. The third-order valence-corrected chi connectivity index (χ3v) is 4.10. The predicted molar refractivity (Wildman–Crippen MR) is 103 cm³/mol. The number of carbonyl (C=O) groups excluding carboxylic acids is 2. The van der Waals surface area contributed by atoms with Crippen molar-refractivity contribution in [2.45, 2.75) is 45.8 Å². The largest absolute Gasteiger partial charge is 0.481 e. The average Bonchev–Trinajstić information content (AvgIpc) is 2.67. The van der Waals surface area contributed by atoms with E-state index in [1.807, 2.05) is 51.1 Å². The molecule has 0 aliphatic carbocycles. The quantitative estimate of drug-likeness (QED) is 0.753. The van der Waals surface area contributed by atoms with Crippen LogP contribution in [-0.4, -0.2) is 24.0 Å². The van der Waals surface area contributed by atoms with Gasteiger partial charge in [0.05, 0.1) is 11.3 Å². The zero-order chi connectivity index (χ0) is 18.9. The van der Waals surface area contributed by atoms with E-state index >= 15 is 0 Å². The van der Waals surface area contributed by atoms with Crippen LogP contribution in [0, 0.1) is 0 Å². The Morgan fingerprint density at radius 2 is 1.62 bits per heavy atom. The molecule has 2 N–H and O–H groups in total. The fraction of sp³-hybridized carbons (Fsp3) is 0.333. The lowest BCUT2D eigenvalue weighted by atomic mass is 10.1. The van der Waals surface area contributed by atoms with E-state index in [0.717, 1.165) is 6.42 Å². The molecule has 26 heavy (non-hydrogen) atoms. The van der Waals surface area contributed by atoms with E-state index in [0.29, 0.717) is 23.4 Å². The van der Waals surface area contributed by atoms with Crippen molar-refractivity contribution >= 4 is 17.5 Å². The van der Waals surface area contributed by atoms with Gasteiger partial charge in [0.2, 0.25) is 0 Å². The Labute approximate surface area is 154 Å². The lowest BCUT2D eigenvalue weighted by molar-refractivity contribution is -0.122. The number of hydrogen-bond donors (Lipinski definition) is 2. The van der Waals surface area contributed by atoms with Gasteiger partial charge in [-0.25, -0.2) is 0 Å². The van der Waals surface area contributed by atoms with Gasteiger partial charge in [0, 0.05) is 6.04 Å². The Kier molecular flexibility index (Phi) is 7.21. The zero-order valence-electron chi connectivity index (χ0n) is 15.5. The van der Waals surface area contributed by atoms with Crippen molar-refractivity contribution in [1.82, 2.24) is 5.32 Å². The van der Waals surface area contributed by atoms with Crippen LogP contribution in [0.25, 0.3) is 0 Å². The second-order valence-corrected chi connectivity index (χ2v) is 6.15. The molecule has 0 aromatic heterocycles. The standard InChI is InChI=1S/C21H26N2O3/c1-4-15(3)22-20(24)17-13-9-10-14-18(17)23-21(25)19(5-2)26-16-11-7-6-8-12-16/h6-15,19H,4-5H2,1-3H3,(H,22,24)(H,23,25)/t15-,19-/m0/s1. The topological polar surface area (TPSA) is 67.4 Å². The van der Waals surface area contributed by atoms with Crippen LogP contribution >= 0.6 is 0 Å². The molecule has 5 heteroatoms. The Hall–Kier alpha value is -2.82. The molecular weight excluding hydrogens is 328 g/mol. The molecule has 0 fully saturated rings. The van der Waals surface area contributed by atoms with Gasteiger partial charge in [0.15, 0.2) is 6.10 Å². The third kappa shape index (κ3) is 5.34. The van der Waals surface area contributed by atoms with E-state index in [1.165, 1.54) is 0 Å². The number of ether oxygens (including phenoxy) is 1. The zero-order valence-corrected chi connectivity index (χ0v) is 15.5. The Morgan fingerprint density at radius 3 is 2.27 bits per heavy atom. The van der Waals surface area contributed by atoms with Crippen LogP contribution in [0.5, 0.6) is 5.75 Å². The number of amides is 2. The molecule has 2 amide bonds. The maximum Gasteiger partial charge on any atom is 0.265 e. The number of anilines is 1. The highest BCUT2D eigenvalue weighted by Gasteiger charge is 2.21. The molecular formula is C21H26N2O3. The molecule has 0 aliphatic heterocycles. The molecule has 2 aromatic rings. The number of benzene rings is 2. The van der Waals surface area contributed by atoms with Gasteiger partial charge in [0.25, 0.3) is 11.8 Å². The summed E-state index contributed by atoms with van der Waals surface area (Å²) >= 11 is 0. The predicted octanol–water partition coefficient (Wildman–Crippen LogP) is 4.01. The van der Waals surface area contributed by atoms with Crippen LogP contribution in [0.3, 0.4) is 0 Å². The van der Waals surface area contributed by atoms with Crippen LogP contribution in [0.2, 0.25) is 0 Å². The maximum atomic E-state index is 12.6. The minimum absolute atomic E-state index is 0.0658. The van der Waals surface area contributed by atoms with Crippen molar-refractivity contribution in [3.63, 3.8) is 0 Å². The number of para-hydroxylation sites is 2. The Bertz CT molecular complexity index is 731. The summed E-state index contributed by atoms with van der Waals surface area (Å²) < 4.78 is 5.77. The van der Waals surface area contributed by atoms with E-state index in [9.17, 15) is 9.59 Å². The second-order valence-electron chi connectivity index (χ2n) is 6.15. The van der Waals surface area contributed by atoms with E-state index in [-0.39, 0.29) is 17.9 Å². The van der Waals surface area contributed by atoms with Crippen LogP contribution in [0.15, 0.2) is 54.6 Å². The summed E-state index contributed by atoms with van der Waals surface area (Å²) in [4.78, 5) is 25.1. The van der Waals surface area contributed by atoms with Gasteiger partial charge in [-0.1, -0.05) is 44.2 Å². The summed E-state index contributed by atoms with van der Waals surface area (Å²) in [5, 5.41) is 5.75. The van der Waals surface area contributed by atoms with Crippen molar-refractivity contribution in [1.29, 1.82) is 0 Å². The minimum Gasteiger partial charge on any atom is -0.481 e. The molecule has 0 radical (unpaired) electrons. The summed E-state index contributed by atoms with van der Waals surface area (Å²) in [5.74, 6) is 0.157. The van der Waals surface area contributed by atoms with Crippen molar-refractivity contribution < 1.29 is 14.3 Å². The van der Waals surface area contributed by atoms with Crippen molar-refractivity contribution in [3.05, 3.63) is 60.2 Å². The third-order valence-electron chi connectivity index (χ3n) is 4.10. The van der Waals surface area contributed by atoms with E-state index in [1.54, 1.807) is 24.3 Å². The van der Waals surface area contributed by atoms with Gasteiger partial charge >= 0.3 is 0 Å². The molecule has 2 atom stereocenters. The van der Waals surface area contributed by atoms with Crippen molar-refractivity contribution in [2.24, 2.45) is 0 Å². The highest BCUT2D eigenvalue weighted by Crippen LogP contribution is 2.18. The molecule has 2 rings (SSSR count). The summed E-state index contributed by atoms with van der Waals surface area (Å²) in [6.45, 7) is 5.83. The molecule has 5 nitrogen and oxygen atoms in total. The highest BCUT2D eigenvalue weighted by atomic mass is 16.5. The van der Waals surface area contributed by atoms with Gasteiger partial charge in [-0.05, 0) is 44.0 Å². The summed E-state index contributed by atoms with van der Waals surface area (Å²) in [7, 11) is 0. The molecule has 0 bridgehead atoms. The number of rotatable bonds is 8. The minimum atomic E-state index is -0.636. The van der Waals surface area contributed by atoms with E-state index in [4.69, 9.17) is 4.74 Å². The highest BCUT2D eigenvalue weighted by molar-refractivity contribution is 6.04. The van der Waals surface area contributed by atoms with E-state index in [2.05, 4.69) is 10.6 Å². The average molecular weight is 354 g/mol. The molecule has 2 aromatic carbocycles. The Morgan fingerprint density at radius 1 is 0.962 bits per heavy atom. The molecule has 0 saturated carbocycles. The monoisotopic (exact) mass is 354 g/mol. The summed E-state index contributed by atoms with van der Waals surface area (Å²) in [5.41, 5.74) is 0.920. The van der Waals surface area contributed by atoms with Crippen LogP contribution in [0.4, 0.5) is 5.69 Å². The number of carbonyl (C=O) groups is 2. The summed E-state index contributed by atoms with van der Waals surface area (Å²) in [6.07, 6.45) is 0.716. The lowest BCUT2D eigenvalue weighted by Crippen LogP contribution is -2.35. The normalized spacial score (nSPS) is 12.7. The molecule has 0 aliphatic rings. The first-order chi connectivity index (χ1) is 12.5. The first-order valence-electron chi connectivity index (χ1n) is 8.97. The van der Waals surface area contributed by atoms with Crippen molar-refractivity contribution in [3.8, 4) is 5.75 Å². The lowest BCUT2D eigenvalue weighted by Gasteiger charge is -2.19.